The van der Waals surface area contributed by atoms with Gasteiger partial charge in [0, 0.05) is 24.8 Å². The minimum absolute atomic E-state index is 0.00232. The number of amidine groups is 1. The summed E-state index contributed by atoms with van der Waals surface area (Å²) in [5.41, 5.74) is 5.97. The van der Waals surface area contributed by atoms with Crippen LogP contribution in [0.1, 0.15) is 12.0 Å². The molecule has 104 valence electrons. The van der Waals surface area contributed by atoms with Crippen LogP contribution in [0.4, 0.5) is 5.82 Å². The van der Waals surface area contributed by atoms with Crippen molar-refractivity contribution in [1.82, 2.24) is 4.98 Å². The maximum atomic E-state index is 11.5. The van der Waals surface area contributed by atoms with Crippen LogP contribution >= 0.6 is 0 Å². The summed E-state index contributed by atoms with van der Waals surface area (Å²) < 4.78 is 23.0. The van der Waals surface area contributed by atoms with Crippen LogP contribution in [-0.2, 0) is 9.84 Å². The second-order valence-corrected chi connectivity index (χ2v) is 6.69. The molecular formula is C11H16N4O3S. The Morgan fingerprint density at radius 3 is 2.79 bits per heavy atom. The summed E-state index contributed by atoms with van der Waals surface area (Å²) in [4.78, 5) is 6.15. The van der Waals surface area contributed by atoms with Gasteiger partial charge in [0.15, 0.2) is 15.7 Å². The Morgan fingerprint density at radius 1 is 1.37 bits per heavy atom. The first-order chi connectivity index (χ1) is 9.02. The quantitative estimate of drug-likeness (QED) is 0.337. The van der Waals surface area contributed by atoms with Gasteiger partial charge in [0.05, 0.1) is 11.5 Å². The summed E-state index contributed by atoms with van der Waals surface area (Å²) in [6.45, 7) is 1.10. The number of rotatable bonds is 2. The molecule has 1 aliphatic rings. The van der Waals surface area contributed by atoms with Crippen LogP contribution < -0.4 is 10.6 Å². The van der Waals surface area contributed by atoms with Gasteiger partial charge in [-0.1, -0.05) is 5.16 Å². The third kappa shape index (κ3) is 3.34. The SMILES string of the molecule is N/C(=N/O)c1ccc(N2CCCS(=O)(=O)CC2)nc1. The molecule has 0 amide bonds. The number of hydrogen-bond acceptors (Lipinski definition) is 6. The van der Waals surface area contributed by atoms with Crippen molar-refractivity contribution in [2.75, 3.05) is 29.5 Å². The molecule has 0 saturated carbocycles. The van der Waals surface area contributed by atoms with Crippen LogP contribution in [0.15, 0.2) is 23.5 Å². The smallest absolute Gasteiger partial charge is 0.171 e. The zero-order chi connectivity index (χ0) is 13.9. The Balaban J connectivity index is 2.14. The van der Waals surface area contributed by atoms with Gasteiger partial charge in [0.2, 0.25) is 0 Å². The highest BCUT2D eigenvalue weighted by Crippen LogP contribution is 2.15. The number of anilines is 1. The van der Waals surface area contributed by atoms with E-state index < -0.39 is 9.84 Å². The molecule has 19 heavy (non-hydrogen) atoms. The summed E-state index contributed by atoms with van der Waals surface area (Å²) in [5.74, 6) is 1.08. The maximum absolute atomic E-state index is 11.5. The molecule has 0 bridgehead atoms. The van der Waals surface area contributed by atoms with E-state index in [2.05, 4.69) is 10.1 Å². The molecule has 0 aromatic carbocycles. The molecule has 2 rings (SSSR count). The molecule has 1 aliphatic heterocycles. The van der Waals surface area contributed by atoms with E-state index in [1.165, 1.54) is 6.20 Å². The van der Waals surface area contributed by atoms with E-state index in [1.807, 2.05) is 4.90 Å². The molecular weight excluding hydrogens is 268 g/mol. The Bertz CT molecular complexity index is 568. The number of pyridine rings is 1. The molecule has 1 fully saturated rings. The van der Waals surface area contributed by atoms with Crippen molar-refractivity contribution < 1.29 is 13.6 Å². The van der Waals surface area contributed by atoms with Crippen molar-refractivity contribution >= 4 is 21.5 Å². The minimum atomic E-state index is -2.93. The van der Waals surface area contributed by atoms with E-state index in [1.54, 1.807) is 12.1 Å². The molecule has 0 spiro atoms. The number of hydrogen-bond donors (Lipinski definition) is 2. The van der Waals surface area contributed by atoms with Crippen LogP contribution in [0.3, 0.4) is 0 Å². The highest BCUT2D eigenvalue weighted by atomic mass is 32.2. The Labute approximate surface area is 111 Å². The molecule has 1 saturated heterocycles. The topological polar surface area (TPSA) is 109 Å². The lowest BCUT2D eigenvalue weighted by atomic mass is 10.2. The third-order valence-corrected chi connectivity index (χ3v) is 4.75. The van der Waals surface area contributed by atoms with E-state index in [0.29, 0.717) is 30.9 Å². The first kappa shape index (κ1) is 13.6. The molecule has 1 aromatic rings. The largest absolute Gasteiger partial charge is 0.409 e. The predicted molar refractivity (Wildman–Crippen MR) is 72.2 cm³/mol. The van der Waals surface area contributed by atoms with E-state index in [0.717, 1.165) is 0 Å². The summed E-state index contributed by atoms with van der Waals surface area (Å²) in [6, 6.07) is 3.43. The third-order valence-electron chi connectivity index (χ3n) is 3.03. The fourth-order valence-electron chi connectivity index (χ4n) is 1.95. The number of nitrogens with two attached hydrogens (primary N) is 1. The van der Waals surface area contributed by atoms with E-state index >= 15 is 0 Å². The number of sulfone groups is 1. The zero-order valence-corrected chi connectivity index (χ0v) is 11.2. The predicted octanol–water partition coefficient (Wildman–Crippen LogP) is -0.199. The Morgan fingerprint density at radius 2 is 2.16 bits per heavy atom. The van der Waals surface area contributed by atoms with Crippen molar-refractivity contribution in [3.8, 4) is 0 Å². The van der Waals surface area contributed by atoms with Gasteiger partial charge in [-0.2, -0.15) is 0 Å². The second-order valence-electron chi connectivity index (χ2n) is 4.38. The highest BCUT2D eigenvalue weighted by Gasteiger charge is 2.19. The second kappa shape index (κ2) is 5.43. The molecule has 0 aliphatic carbocycles. The Hall–Kier alpha value is -1.83. The molecule has 8 heteroatoms. The molecule has 3 N–H and O–H groups in total. The number of oxime groups is 1. The molecule has 0 unspecified atom stereocenters. The van der Waals surface area contributed by atoms with E-state index in [-0.39, 0.29) is 17.3 Å². The van der Waals surface area contributed by atoms with E-state index in [4.69, 9.17) is 10.9 Å². The highest BCUT2D eigenvalue weighted by molar-refractivity contribution is 7.91. The van der Waals surface area contributed by atoms with Gasteiger partial charge in [0.1, 0.15) is 5.82 Å². The summed E-state index contributed by atoms with van der Waals surface area (Å²) >= 11 is 0. The summed E-state index contributed by atoms with van der Waals surface area (Å²) in [6.07, 6.45) is 2.11. The monoisotopic (exact) mass is 284 g/mol. The average molecular weight is 284 g/mol. The fourth-order valence-corrected chi connectivity index (χ4v) is 3.22. The van der Waals surface area contributed by atoms with Gasteiger partial charge in [0.25, 0.3) is 0 Å². The fraction of sp³-hybridized carbons (Fsp3) is 0.455. The molecule has 1 aromatic heterocycles. The van der Waals surface area contributed by atoms with Crippen molar-refractivity contribution in [2.24, 2.45) is 10.9 Å². The first-order valence-corrected chi connectivity index (χ1v) is 7.73. The minimum Gasteiger partial charge on any atom is -0.409 e. The van der Waals surface area contributed by atoms with Crippen LogP contribution in [0.25, 0.3) is 0 Å². The van der Waals surface area contributed by atoms with Gasteiger partial charge < -0.3 is 15.8 Å². The maximum Gasteiger partial charge on any atom is 0.171 e. The van der Waals surface area contributed by atoms with Crippen LogP contribution in [0.2, 0.25) is 0 Å². The lowest BCUT2D eigenvalue weighted by Gasteiger charge is -2.20. The standard InChI is InChI=1S/C11H16N4O3S/c12-11(14-16)9-2-3-10(13-8-9)15-4-1-6-19(17,18)7-5-15/h2-3,8,16H,1,4-7H2,(H2,12,14). The van der Waals surface area contributed by atoms with Crippen molar-refractivity contribution in [1.29, 1.82) is 0 Å². The van der Waals surface area contributed by atoms with Crippen molar-refractivity contribution in [2.45, 2.75) is 6.42 Å². The van der Waals surface area contributed by atoms with Gasteiger partial charge >= 0.3 is 0 Å². The molecule has 7 nitrogen and oxygen atoms in total. The first-order valence-electron chi connectivity index (χ1n) is 5.91. The average Bonchev–Trinajstić information content (AvgIpc) is 2.59. The molecule has 0 atom stereocenters. The van der Waals surface area contributed by atoms with Crippen molar-refractivity contribution in [3.63, 3.8) is 0 Å². The Kier molecular flexibility index (Phi) is 3.89. The molecule has 0 radical (unpaired) electrons. The van der Waals surface area contributed by atoms with Crippen LogP contribution in [0, 0.1) is 0 Å². The van der Waals surface area contributed by atoms with Crippen LogP contribution in [0.5, 0.6) is 0 Å². The molecule has 2 heterocycles. The number of aromatic nitrogens is 1. The van der Waals surface area contributed by atoms with Gasteiger partial charge in [-0.3, -0.25) is 0 Å². The zero-order valence-electron chi connectivity index (χ0n) is 10.4. The van der Waals surface area contributed by atoms with Gasteiger partial charge in [-0.25, -0.2) is 13.4 Å². The van der Waals surface area contributed by atoms with Crippen molar-refractivity contribution in [3.05, 3.63) is 23.9 Å². The number of nitrogens with zero attached hydrogens (tertiary/aromatic N) is 3. The lowest BCUT2D eigenvalue weighted by Crippen LogP contribution is -2.27. The van der Waals surface area contributed by atoms with Gasteiger partial charge in [-0.05, 0) is 18.6 Å². The van der Waals surface area contributed by atoms with Crippen LogP contribution in [-0.4, -0.2) is 49.0 Å². The summed E-state index contributed by atoms with van der Waals surface area (Å²) in [5, 5.41) is 11.5. The summed E-state index contributed by atoms with van der Waals surface area (Å²) in [7, 11) is -2.93. The van der Waals surface area contributed by atoms with Gasteiger partial charge in [-0.15, -0.1) is 0 Å². The lowest BCUT2D eigenvalue weighted by molar-refractivity contribution is 0.318. The normalized spacial score (nSPS) is 20.0. The van der Waals surface area contributed by atoms with E-state index in [9.17, 15) is 8.42 Å².